The summed E-state index contributed by atoms with van der Waals surface area (Å²) in [6.07, 6.45) is 0.831. The quantitative estimate of drug-likeness (QED) is 0.862. The smallest absolute Gasteiger partial charge is 0.267 e. The van der Waals surface area contributed by atoms with Crippen molar-refractivity contribution in [3.8, 4) is 0 Å². The predicted octanol–water partition coefficient (Wildman–Crippen LogP) is 1.89. The second kappa shape index (κ2) is 5.82. The molecule has 1 aliphatic heterocycles. The van der Waals surface area contributed by atoms with Crippen LogP contribution in [0.4, 0.5) is 0 Å². The lowest BCUT2D eigenvalue weighted by Crippen LogP contribution is -2.35. The van der Waals surface area contributed by atoms with Crippen LogP contribution in [0.25, 0.3) is 0 Å². The molecule has 1 aliphatic rings. The van der Waals surface area contributed by atoms with Crippen LogP contribution in [-0.2, 0) is 19.5 Å². The molecule has 0 unspecified atom stereocenters. The summed E-state index contributed by atoms with van der Waals surface area (Å²) in [5.41, 5.74) is 2.78. The van der Waals surface area contributed by atoms with Gasteiger partial charge in [0.15, 0.2) is 0 Å². The van der Waals surface area contributed by atoms with Gasteiger partial charge in [0, 0.05) is 43.7 Å². The molecule has 21 heavy (non-hydrogen) atoms. The Balaban J connectivity index is 1.81. The van der Waals surface area contributed by atoms with Crippen molar-refractivity contribution < 1.29 is 0 Å². The van der Waals surface area contributed by atoms with Gasteiger partial charge in [-0.1, -0.05) is 16.1 Å². The van der Waals surface area contributed by atoms with Crippen molar-refractivity contribution in [3.05, 3.63) is 37.7 Å². The fraction of sp³-hybridized carbons (Fsp3) is 0.538. The van der Waals surface area contributed by atoms with Gasteiger partial charge in [-0.2, -0.15) is 5.10 Å². The van der Waals surface area contributed by atoms with Crippen LogP contribution < -0.4 is 5.56 Å². The van der Waals surface area contributed by atoms with Crippen LogP contribution in [0.15, 0.2) is 10.9 Å². The van der Waals surface area contributed by atoms with Gasteiger partial charge in [-0.15, -0.1) is 5.10 Å². The summed E-state index contributed by atoms with van der Waals surface area (Å²) in [4.78, 5) is 14.3. The van der Waals surface area contributed by atoms with Crippen LogP contribution in [0.5, 0.6) is 0 Å². The molecule has 3 rings (SSSR count). The minimum atomic E-state index is -0.0426. The molecule has 2 aromatic heterocycles. The molecular formula is C13H16ClN5OS. The van der Waals surface area contributed by atoms with E-state index in [0.717, 1.165) is 29.9 Å². The maximum atomic E-state index is 12.1. The van der Waals surface area contributed by atoms with Gasteiger partial charge in [0.2, 0.25) is 0 Å². The van der Waals surface area contributed by atoms with E-state index in [1.807, 2.05) is 13.8 Å². The van der Waals surface area contributed by atoms with Crippen molar-refractivity contribution in [1.29, 1.82) is 0 Å². The van der Waals surface area contributed by atoms with Gasteiger partial charge < -0.3 is 0 Å². The van der Waals surface area contributed by atoms with E-state index in [9.17, 15) is 4.79 Å². The average molecular weight is 326 g/mol. The van der Waals surface area contributed by atoms with Gasteiger partial charge in [0.25, 0.3) is 5.56 Å². The Hall–Kier alpha value is -1.31. The molecular weight excluding hydrogens is 310 g/mol. The third kappa shape index (κ3) is 3.00. The van der Waals surface area contributed by atoms with Crippen molar-refractivity contribution in [3.63, 3.8) is 0 Å². The van der Waals surface area contributed by atoms with Crippen molar-refractivity contribution in [1.82, 2.24) is 24.3 Å². The highest BCUT2D eigenvalue weighted by Gasteiger charge is 2.21. The zero-order valence-corrected chi connectivity index (χ0v) is 13.5. The van der Waals surface area contributed by atoms with Gasteiger partial charge in [-0.3, -0.25) is 9.69 Å². The molecule has 3 heterocycles. The SMILES string of the molecule is CC(C)n1nc2c(cc1=O)CN(Cc1nnsc1Cl)CC2. The maximum absolute atomic E-state index is 12.1. The number of hydrogen-bond acceptors (Lipinski definition) is 6. The topological polar surface area (TPSA) is 63.9 Å². The molecule has 6 nitrogen and oxygen atoms in total. The minimum absolute atomic E-state index is 0.0426. The van der Waals surface area contributed by atoms with Crippen LogP contribution in [0.1, 0.15) is 36.8 Å². The number of fused-ring (bicyclic) bond motifs is 1. The first-order chi connectivity index (χ1) is 10.0. The van der Waals surface area contributed by atoms with E-state index >= 15 is 0 Å². The fourth-order valence-electron chi connectivity index (χ4n) is 2.48. The van der Waals surface area contributed by atoms with Gasteiger partial charge in [-0.05, 0) is 19.4 Å². The minimum Gasteiger partial charge on any atom is -0.293 e. The molecule has 0 saturated heterocycles. The number of aromatic nitrogens is 4. The summed E-state index contributed by atoms with van der Waals surface area (Å²) in [6, 6.07) is 1.79. The largest absolute Gasteiger partial charge is 0.293 e. The van der Waals surface area contributed by atoms with E-state index in [1.165, 1.54) is 11.5 Å². The lowest BCUT2D eigenvalue weighted by molar-refractivity contribution is 0.237. The Morgan fingerprint density at radius 3 is 2.95 bits per heavy atom. The first kappa shape index (κ1) is 14.6. The molecule has 0 bridgehead atoms. The highest BCUT2D eigenvalue weighted by Crippen LogP contribution is 2.22. The maximum Gasteiger partial charge on any atom is 0.267 e. The Kier molecular flexibility index (Phi) is 4.05. The van der Waals surface area contributed by atoms with Gasteiger partial charge in [0.1, 0.15) is 10.0 Å². The molecule has 0 aliphatic carbocycles. The third-order valence-corrected chi connectivity index (χ3v) is 4.54. The number of hydrogen-bond donors (Lipinski definition) is 0. The molecule has 0 fully saturated rings. The van der Waals surface area contributed by atoms with E-state index in [1.54, 1.807) is 10.7 Å². The van der Waals surface area contributed by atoms with Crippen LogP contribution in [0.2, 0.25) is 4.34 Å². The van der Waals surface area contributed by atoms with Crippen molar-refractivity contribution in [2.45, 2.75) is 39.4 Å². The van der Waals surface area contributed by atoms with Crippen LogP contribution in [0.3, 0.4) is 0 Å². The molecule has 0 atom stereocenters. The third-order valence-electron chi connectivity index (χ3n) is 3.55. The Morgan fingerprint density at radius 1 is 1.48 bits per heavy atom. The molecule has 0 amide bonds. The average Bonchev–Trinajstić information content (AvgIpc) is 2.83. The van der Waals surface area contributed by atoms with Crippen molar-refractivity contribution >= 4 is 23.1 Å². The van der Waals surface area contributed by atoms with Crippen molar-refractivity contribution in [2.24, 2.45) is 0 Å². The van der Waals surface area contributed by atoms with Crippen LogP contribution in [0, 0.1) is 0 Å². The monoisotopic (exact) mass is 325 g/mol. The second-order valence-electron chi connectivity index (χ2n) is 5.45. The molecule has 0 N–H and O–H groups in total. The molecule has 0 spiro atoms. The zero-order valence-electron chi connectivity index (χ0n) is 11.9. The van der Waals surface area contributed by atoms with Gasteiger partial charge >= 0.3 is 0 Å². The highest BCUT2D eigenvalue weighted by molar-refractivity contribution is 7.10. The van der Waals surface area contributed by atoms with E-state index in [2.05, 4.69) is 19.6 Å². The fourth-order valence-corrected chi connectivity index (χ4v) is 3.09. The Morgan fingerprint density at radius 2 is 2.29 bits per heavy atom. The van der Waals surface area contributed by atoms with E-state index in [-0.39, 0.29) is 11.6 Å². The van der Waals surface area contributed by atoms with Gasteiger partial charge in [0.05, 0.1) is 11.7 Å². The Bertz CT molecular complexity index is 711. The second-order valence-corrected chi connectivity index (χ2v) is 6.80. The summed E-state index contributed by atoms with van der Waals surface area (Å²) >= 11 is 7.24. The normalized spacial score (nSPS) is 15.4. The molecule has 8 heteroatoms. The van der Waals surface area contributed by atoms with E-state index in [4.69, 9.17) is 11.6 Å². The highest BCUT2D eigenvalue weighted by atomic mass is 35.5. The number of halogens is 1. The summed E-state index contributed by atoms with van der Waals surface area (Å²) in [5.74, 6) is 0. The molecule has 0 aromatic carbocycles. The summed E-state index contributed by atoms with van der Waals surface area (Å²) in [6.45, 7) is 6.16. The Labute approximate surface area is 131 Å². The van der Waals surface area contributed by atoms with Crippen LogP contribution in [-0.4, -0.2) is 30.8 Å². The summed E-state index contributed by atoms with van der Waals surface area (Å²) in [7, 11) is 0. The number of nitrogens with zero attached hydrogens (tertiary/aromatic N) is 5. The standard InChI is InChI=1S/C13H16ClN5OS/c1-8(2)19-12(20)5-9-6-18(4-3-10(9)16-19)7-11-13(14)21-17-15-11/h5,8H,3-4,6-7H2,1-2H3. The molecule has 112 valence electrons. The molecule has 2 aromatic rings. The summed E-state index contributed by atoms with van der Waals surface area (Å²) < 4.78 is 6.03. The van der Waals surface area contributed by atoms with E-state index < -0.39 is 0 Å². The van der Waals surface area contributed by atoms with Crippen LogP contribution >= 0.6 is 23.1 Å². The van der Waals surface area contributed by atoms with Gasteiger partial charge in [-0.25, -0.2) is 4.68 Å². The van der Waals surface area contributed by atoms with E-state index in [0.29, 0.717) is 17.4 Å². The van der Waals surface area contributed by atoms with Crippen molar-refractivity contribution in [2.75, 3.05) is 6.54 Å². The lowest BCUT2D eigenvalue weighted by Gasteiger charge is -2.27. The summed E-state index contributed by atoms with van der Waals surface area (Å²) in [5, 5.41) is 8.52. The number of rotatable bonds is 3. The predicted molar refractivity (Wildman–Crippen MR) is 81.6 cm³/mol. The molecule has 0 saturated carbocycles. The first-order valence-corrected chi connectivity index (χ1v) is 8.00. The zero-order chi connectivity index (χ0) is 15.0. The molecule has 0 radical (unpaired) electrons. The first-order valence-electron chi connectivity index (χ1n) is 6.85. The lowest BCUT2D eigenvalue weighted by atomic mass is 10.1.